The van der Waals surface area contributed by atoms with Crippen molar-refractivity contribution >= 4 is 21.4 Å². The molecule has 7 nitrogen and oxygen atoms in total. The van der Waals surface area contributed by atoms with Crippen LogP contribution in [0.5, 0.6) is 0 Å². The molecule has 1 saturated heterocycles. The molecule has 2 rings (SSSR count). The number of nitrogens with zero attached hydrogens (tertiary/aromatic N) is 2. The molecular weight excluding hydrogens is 308 g/mol. The third kappa shape index (κ3) is 3.62. The minimum absolute atomic E-state index is 0.0243. The first-order chi connectivity index (χ1) is 10.3. The van der Waals surface area contributed by atoms with E-state index in [2.05, 4.69) is 0 Å². The second-order valence-corrected chi connectivity index (χ2v) is 7.53. The van der Waals surface area contributed by atoms with Gasteiger partial charge >= 0.3 is 0 Å². The maximum Gasteiger partial charge on any atom is 0.273 e. The van der Waals surface area contributed by atoms with E-state index < -0.39 is 14.8 Å². The van der Waals surface area contributed by atoms with E-state index >= 15 is 0 Å². The quantitative estimate of drug-likeness (QED) is 0.597. The summed E-state index contributed by atoms with van der Waals surface area (Å²) in [6.45, 7) is 2.17. The number of sulfone groups is 1. The Hall–Kier alpha value is -1.96. The molecule has 0 N–H and O–H groups in total. The lowest BCUT2D eigenvalue weighted by atomic mass is 10.1. The van der Waals surface area contributed by atoms with Gasteiger partial charge in [-0.15, -0.1) is 0 Å². The maximum atomic E-state index is 12.4. The van der Waals surface area contributed by atoms with Crippen molar-refractivity contribution < 1.29 is 18.1 Å². The van der Waals surface area contributed by atoms with Crippen LogP contribution in [0.4, 0.5) is 5.69 Å². The number of rotatable bonds is 5. The van der Waals surface area contributed by atoms with Crippen LogP contribution in [0, 0.1) is 10.1 Å². The molecule has 0 saturated carbocycles. The van der Waals surface area contributed by atoms with Gasteiger partial charge in [0.05, 0.1) is 22.8 Å². The van der Waals surface area contributed by atoms with E-state index in [4.69, 9.17) is 0 Å². The summed E-state index contributed by atoms with van der Waals surface area (Å²) in [5.41, 5.74) is 0.253. The molecule has 0 spiro atoms. The SMILES string of the molecule is CCN(C(=O)Cc1ccccc1[N+](=O)[O-])C1CCS(=O)(=O)C1. The zero-order chi connectivity index (χ0) is 16.3. The van der Waals surface area contributed by atoms with Crippen LogP contribution in [0.25, 0.3) is 0 Å². The summed E-state index contributed by atoms with van der Waals surface area (Å²) in [6, 6.07) is 5.78. The van der Waals surface area contributed by atoms with Crippen LogP contribution in [0.3, 0.4) is 0 Å². The number of benzene rings is 1. The Bertz CT molecular complexity index is 686. The molecule has 0 aromatic heterocycles. The molecule has 0 aliphatic carbocycles. The van der Waals surface area contributed by atoms with Crippen molar-refractivity contribution in [1.29, 1.82) is 0 Å². The standard InChI is InChI=1S/C14H18N2O5S/c1-2-15(12-7-8-22(20,21)10-12)14(17)9-11-5-3-4-6-13(11)16(18)19/h3-6,12H,2,7-10H2,1H3. The van der Waals surface area contributed by atoms with Gasteiger partial charge in [0.15, 0.2) is 9.84 Å². The Morgan fingerprint density at radius 1 is 1.41 bits per heavy atom. The largest absolute Gasteiger partial charge is 0.339 e. The Morgan fingerprint density at radius 2 is 2.09 bits per heavy atom. The molecule has 1 heterocycles. The Morgan fingerprint density at radius 3 is 2.64 bits per heavy atom. The smallest absolute Gasteiger partial charge is 0.273 e. The van der Waals surface area contributed by atoms with Crippen LogP contribution < -0.4 is 0 Å². The van der Waals surface area contributed by atoms with Crippen molar-refractivity contribution in [2.45, 2.75) is 25.8 Å². The van der Waals surface area contributed by atoms with Crippen LogP contribution >= 0.6 is 0 Å². The number of amides is 1. The van der Waals surface area contributed by atoms with E-state index in [1.54, 1.807) is 25.1 Å². The van der Waals surface area contributed by atoms with Gasteiger partial charge < -0.3 is 4.90 Å². The first kappa shape index (κ1) is 16.4. The summed E-state index contributed by atoms with van der Waals surface area (Å²) >= 11 is 0. The third-order valence-electron chi connectivity index (χ3n) is 3.84. The maximum absolute atomic E-state index is 12.4. The fourth-order valence-electron chi connectivity index (χ4n) is 2.76. The number of nitro benzene ring substituents is 1. The van der Waals surface area contributed by atoms with Crippen LogP contribution in [-0.4, -0.2) is 48.2 Å². The summed E-state index contributed by atoms with van der Waals surface area (Å²) in [7, 11) is -3.08. The molecule has 1 aliphatic rings. The van der Waals surface area contributed by atoms with Crippen molar-refractivity contribution in [3.63, 3.8) is 0 Å². The first-order valence-electron chi connectivity index (χ1n) is 7.06. The fraction of sp³-hybridized carbons (Fsp3) is 0.500. The van der Waals surface area contributed by atoms with Gasteiger partial charge in [-0.3, -0.25) is 14.9 Å². The lowest BCUT2D eigenvalue weighted by Crippen LogP contribution is -2.41. The number of nitro groups is 1. The summed E-state index contributed by atoms with van der Waals surface area (Å²) in [5.74, 6) is -0.213. The predicted octanol–water partition coefficient (Wildman–Crippen LogP) is 1.17. The molecule has 120 valence electrons. The predicted molar refractivity (Wildman–Crippen MR) is 81.2 cm³/mol. The van der Waals surface area contributed by atoms with Gasteiger partial charge in [0.2, 0.25) is 5.91 Å². The van der Waals surface area contributed by atoms with Crippen LogP contribution in [0.2, 0.25) is 0 Å². The Kier molecular flexibility index (Phi) is 4.80. The average Bonchev–Trinajstić information content (AvgIpc) is 2.80. The molecule has 1 amide bonds. The molecule has 1 fully saturated rings. The van der Waals surface area contributed by atoms with Gasteiger partial charge in [0, 0.05) is 24.2 Å². The normalized spacial score (nSPS) is 19.8. The number of likely N-dealkylation sites (N-methyl/N-ethyl adjacent to an activating group) is 1. The highest BCUT2D eigenvalue weighted by molar-refractivity contribution is 7.91. The molecule has 1 unspecified atom stereocenters. The van der Waals surface area contributed by atoms with Crippen molar-refractivity contribution in [2.75, 3.05) is 18.1 Å². The Labute approximate surface area is 129 Å². The second kappa shape index (κ2) is 6.43. The lowest BCUT2D eigenvalue weighted by Gasteiger charge is -2.26. The molecule has 8 heteroatoms. The summed E-state index contributed by atoms with van der Waals surface area (Å²) in [4.78, 5) is 24.4. The van der Waals surface area contributed by atoms with E-state index in [1.807, 2.05) is 0 Å². The molecule has 1 aromatic rings. The fourth-order valence-corrected chi connectivity index (χ4v) is 4.49. The molecule has 1 aromatic carbocycles. The topological polar surface area (TPSA) is 97.6 Å². The lowest BCUT2D eigenvalue weighted by molar-refractivity contribution is -0.385. The monoisotopic (exact) mass is 326 g/mol. The van der Waals surface area contributed by atoms with Crippen molar-refractivity contribution in [3.05, 3.63) is 39.9 Å². The summed E-state index contributed by atoms with van der Waals surface area (Å²) < 4.78 is 23.1. The molecule has 1 atom stereocenters. The zero-order valence-corrected chi connectivity index (χ0v) is 13.1. The number of hydrogen-bond acceptors (Lipinski definition) is 5. The van der Waals surface area contributed by atoms with E-state index in [-0.39, 0.29) is 35.6 Å². The highest BCUT2D eigenvalue weighted by Crippen LogP contribution is 2.22. The van der Waals surface area contributed by atoms with Gasteiger partial charge in [0.1, 0.15) is 0 Å². The highest BCUT2D eigenvalue weighted by atomic mass is 32.2. The number of para-hydroxylation sites is 1. The van der Waals surface area contributed by atoms with Gasteiger partial charge in [-0.05, 0) is 13.3 Å². The molecule has 1 aliphatic heterocycles. The van der Waals surface area contributed by atoms with Gasteiger partial charge in [-0.2, -0.15) is 0 Å². The van der Waals surface area contributed by atoms with Gasteiger partial charge in [0.25, 0.3) is 5.69 Å². The van der Waals surface area contributed by atoms with Crippen LogP contribution in [-0.2, 0) is 21.1 Å². The summed E-state index contributed by atoms with van der Waals surface area (Å²) in [6.07, 6.45) is 0.334. The molecular formula is C14H18N2O5S. The Balaban J connectivity index is 2.15. The van der Waals surface area contributed by atoms with Gasteiger partial charge in [-0.1, -0.05) is 18.2 Å². The van der Waals surface area contributed by atoms with Crippen LogP contribution in [0.15, 0.2) is 24.3 Å². The molecule has 22 heavy (non-hydrogen) atoms. The van der Waals surface area contributed by atoms with E-state index in [1.165, 1.54) is 11.0 Å². The second-order valence-electron chi connectivity index (χ2n) is 5.30. The van der Waals surface area contributed by atoms with E-state index in [0.29, 0.717) is 18.5 Å². The average molecular weight is 326 g/mol. The molecule has 0 radical (unpaired) electrons. The van der Waals surface area contributed by atoms with Crippen molar-refractivity contribution in [3.8, 4) is 0 Å². The zero-order valence-electron chi connectivity index (χ0n) is 12.3. The minimum Gasteiger partial charge on any atom is -0.339 e. The number of carbonyl (C=O) groups excluding carboxylic acids is 1. The number of hydrogen-bond donors (Lipinski definition) is 0. The van der Waals surface area contributed by atoms with E-state index in [0.717, 1.165) is 0 Å². The number of carbonyl (C=O) groups is 1. The minimum atomic E-state index is -3.08. The first-order valence-corrected chi connectivity index (χ1v) is 8.88. The van der Waals surface area contributed by atoms with Crippen LogP contribution in [0.1, 0.15) is 18.9 Å². The molecule has 0 bridgehead atoms. The third-order valence-corrected chi connectivity index (χ3v) is 5.59. The van der Waals surface area contributed by atoms with E-state index in [9.17, 15) is 23.3 Å². The highest BCUT2D eigenvalue weighted by Gasteiger charge is 2.34. The van der Waals surface area contributed by atoms with Gasteiger partial charge in [-0.25, -0.2) is 8.42 Å². The van der Waals surface area contributed by atoms with Crippen molar-refractivity contribution in [2.24, 2.45) is 0 Å². The van der Waals surface area contributed by atoms with Crippen molar-refractivity contribution in [1.82, 2.24) is 4.90 Å². The summed E-state index contributed by atoms with van der Waals surface area (Å²) in [5, 5.41) is 11.0.